The van der Waals surface area contributed by atoms with E-state index in [1.54, 1.807) is 24.3 Å². The number of hydrogen-bond donors (Lipinski definition) is 0. The van der Waals surface area contributed by atoms with E-state index in [1.807, 2.05) is 36.4 Å². The van der Waals surface area contributed by atoms with Crippen molar-refractivity contribution in [3.8, 4) is 0 Å². The van der Waals surface area contributed by atoms with E-state index in [9.17, 15) is 19.2 Å². The van der Waals surface area contributed by atoms with Crippen molar-refractivity contribution >= 4 is 23.1 Å². The third-order valence-electron chi connectivity index (χ3n) is 3.89. The summed E-state index contributed by atoms with van der Waals surface area (Å²) in [7, 11) is 0. The van der Waals surface area contributed by atoms with Crippen molar-refractivity contribution in [2.45, 2.75) is 39.5 Å². The standard InChI is InChI=1S/2C11H12O2.Ni/c2*1-8(12)11(9(2)13)10-6-4-3-5-7-10;/h2*3-7,11H,1-2H3;. The zero-order valence-electron chi connectivity index (χ0n) is 15.9. The summed E-state index contributed by atoms with van der Waals surface area (Å²) in [5.74, 6) is -1.56. The molecule has 2 rings (SSSR count). The van der Waals surface area contributed by atoms with Crippen LogP contribution in [0, 0.1) is 0 Å². The molecule has 0 radical (unpaired) electrons. The van der Waals surface area contributed by atoms with E-state index >= 15 is 0 Å². The first-order chi connectivity index (χ1) is 12.3. The summed E-state index contributed by atoms with van der Waals surface area (Å²) >= 11 is 0. The van der Waals surface area contributed by atoms with Gasteiger partial charge < -0.3 is 0 Å². The minimum absolute atomic E-state index is 0. The van der Waals surface area contributed by atoms with Crippen LogP contribution >= 0.6 is 0 Å². The van der Waals surface area contributed by atoms with Crippen molar-refractivity contribution in [2.24, 2.45) is 0 Å². The van der Waals surface area contributed by atoms with Gasteiger partial charge in [-0.15, -0.1) is 0 Å². The van der Waals surface area contributed by atoms with Gasteiger partial charge in [0.1, 0.15) is 35.0 Å². The molecule has 0 saturated carbocycles. The first-order valence-corrected chi connectivity index (χ1v) is 8.37. The molecule has 0 aliphatic carbocycles. The van der Waals surface area contributed by atoms with Gasteiger partial charge in [0, 0.05) is 16.5 Å². The molecule has 27 heavy (non-hydrogen) atoms. The van der Waals surface area contributed by atoms with Crippen LogP contribution in [0.4, 0.5) is 0 Å². The first kappa shape index (κ1) is 24.6. The predicted octanol–water partition coefficient (Wildman–Crippen LogP) is 3.89. The molecule has 0 unspecified atom stereocenters. The summed E-state index contributed by atoms with van der Waals surface area (Å²) in [6, 6.07) is 18.2. The average molecular weight is 411 g/mol. The Morgan fingerprint density at radius 2 is 0.741 bits per heavy atom. The van der Waals surface area contributed by atoms with Gasteiger partial charge in [-0.25, -0.2) is 0 Å². The van der Waals surface area contributed by atoms with Crippen LogP contribution in [-0.4, -0.2) is 23.1 Å². The maximum Gasteiger partial charge on any atom is 0.144 e. The number of benzene rings is 2. The normalized spacial score (nSPS) is 9.70. The summed E-state index contributed by atoms with van der Waals surface area (Å²) in [6.45, 7) is 5.77. The van der Waals surface area contributed by atoms with Gasteiger partial charge in [0.2, 0.25) is 0 Å². The molecule has 5 heteroatoms. The molecule has 0 heterocycles. The minimum Gasteiger partial charge on any atom is -0.299 e. The van der Waals surface area contributed by atoms with Crippen LogP contribution in [0.3, 0.4) is 0 Å². The third kappa shape index (κ3) is 7.80. The Kier molecular flexibility index (Phi) is 11.0. The van der Waals surface area contributed by atoms with Crippen LogP contribution in [0.2, 0.25) is 0 Å². The van der Waals surface area contributed by atoms with E-state index < -0.39 is 11.8 Å². The summed E-state index contributed by atoms with van der Waals surface area (Å²) in [4.78, 5) is 44.7. The van der Waals surface area contributed by atoms with Crippen molar-refractivity contribution < 1.29 is 35.7 Å². The molecule has 0 amide bonds. The summed E-state index contributed by atoms with van der Waals surface area (Å²) in [6.07, 6.45) is 0. The Morgan fingerprint density at radius 1 is 0.519 bits per heavy atom. The number of carbonyl (C=O) groups is 4. The Bertz CT molecular complexity index is 674. The molecule has 146 valence electrons. The maximum absolute atomic E-state index is 11.2. The molecule has 0 N–H and O–H groups in total. The van der Waals surface area contributed by atoms with E-state index in [4.69, 9.17) is 0 Å². The zero-order valence-corrected chi connectivity index (χ0v) is 16.9. The molecule has 0 aromatic heterocycles. The monoisotopic (exact) mass is 410 g/mol. The number of carbonyl (C=O) groups excluding carboxylic acids is 4. The van der Waals surface area contributed by atoms with E-state index in [0.29, 0.717) is 0 Å². The summed E-state index contributed by atoms with van der Waals surface area (Å²) in [5, 5.41) is 0. The zero-order chi connectivity index (χ0) is 19.7. The molecule has 0 aliphatic rings. The van der Waals surface area contributed by atoms with Crippen molar-refractivity contribution in [1.82, 2.24) is 0 Å². The maximum atomic E-state index is 11.2. The van der Waals surface area contributed by atoms with Crippen molar-refractivity contribution in [2.75, 3.05) is 0 Å². The topological polar surface area (TPSA) is 68.3 Å². The molecule has 2 aromatic rings. The smallest absolute Gasteiger partial charge is 0.144 e. The van der Waals surface area contributed by atoms with Crippen LogP contribution in [0.25, 0.3) is 0 Å². The Balaban J connectivity index is 0.000000483. The van der Waals surface area contributed by atoms with Crippen LogP contribution in [0.5, 0.6) is 0 Å². The largest absolute Gasteiger partial charge is 0.299 e. The van der Waals surface area contributed by atoms with Crippen molar-refractivity contribution in [1.29, 1.82) is 0 Å². The van der Waals surface area contributed by atoms with Crippen LogP contribution in [0.15, 0.2) is 60.7 Å². The van der Waals surface area contributed by atoms with E-state index in [1.165, 1.54) is 27.7 Å². The predicted molar refractivity (Wildman–Crippen MR) is 101 cm³/mol. The fourth-order valence-electron chi connectivity index (χ4n) is 2.80. The van der Waals surface area contributed by atoms with E-state index in [0.717, 1.165) is 11.1 Å². The molecule has 0 saturated heterocycles. The second-order valence-corrected chi connectivity index (χ2v) is 6.13. The van der Waals surface area contributed by atoms with Crippen LogP contribution in [0.1, 0.15) is 50.7 Å². The fraction of sp³-hybridized carbons (Fsp3) is 0.273. The average Bonchev–Trinajstić information content (AvgIpc) is 2.56. The van der Waals surface area contributed by atoms with Crippen LogP contribution in [-0.2, 0) is 35.7 Å². The molecule has 0 bridgehead atoms. The number of rotatable bonds is 6. The second-order valence-electron chi connectivity index (χ2n) is 6.13. The van der Waals surface area contributed by atoms with E-state index in [-0.39, 0.29) is 39.6 Å². The molecule has 0 aliphatic heterocycles. The number of hydrogen-bond acceptors (Lipinski definition) is 4. The third-order valence-corrected chi connectivity index (χ3v) is 3.89. The molecule has 2 aromatic carbocycles. The van der Waals surface area contributed by atoms with E-state index in [2.05, 4.69) is 0 Å². The van der Waals surface area contributed by atoms with Gasteiger partial charge in [0.05, 0.1) is 0 Å². The van der Waals surface area contributed by atoms with Gasteiger partial charge in [-0.05, 0) is 38.8 Å². The van der Waals surface area contributed by atoms with Gasteiger partial charge in [-0.2, -0.15) is 0 Å². The van der Waals surface area contributed by atoms with Gasteiger partial charge in [-0.3, -0.25) is 19.2 Å². The SMILES string of the molecule is CC(=O)C(C(C)=O)c1ccccc1.CC(=O)C(C(C)=O)c1ccccc1.[Ni]. The second kappa shape index (κ2) is 12.1. The van der Waals surface area contributed by atoms with Crippen molar-refractivity contribution in [3.63, 3.8) is 0 Å². The van der Waals surface area contributed by atoms with Crippen molar-refractivity contribution in [3.05, 3.63) is 71.8 Å². The Labute approximate surface area is 170 Å². The van der Waals surface area contributed by atoms with Gasteiger partial charge in [-0.1, -0.05) is 60.7 Å². The van der Waals surface area contributed by atoms with Gasteiger partial charge >= 0.3 is 0 Å². The molecule has 0 spiro atoms. The number of ketones is 4. The first-order valence-electron chi connectivity index (χ1n) is 8.37. The fourth-order valence-corrected chi connectivity index (χ4v) is 2.80. The molecule has 4 nitrogen and oxygen atoms in total. The summed E-state index contributed by atoms with van der Waals surface area (Å²) in [5.41, 5.74) is 1.56. The van der Waals surface area contributed by atoms with Crippen LogP contribution < -0.4 is 0 Å². The van der Waals surface area contributed by atoms with Gasteiger partial charge in [0.25, 0.3) is 0 Å². The number of Topliss-reactive ketones (excluding diaryl/α,β-unsaturated/α-hetero) is 4. The molecule has 0 atom stereocenters. The minimum atomic E-state index is -0.582. The Hall–Kier alpha value is -2.39. The summed E-state index contributed by atoms with van der Waals surface area (Å²) < 4.78 is 0. The molecular formula is C22H24NiO4. The molecule has 0 fully saturated rings. The van der Waals surface area contributed by atoms with Gasteiger partial charge in [0.15, 0.2) is 0 Å². The quantitative estimate of drug-likeness (QED) is 0.535. The molecular weight excluding hydrogens is 387 g/mol. The Morgan fingerprint density at radius 3 is 0.926 bits per heavy atom.